The zero-order valence-corrected chi connectivity index (χ0v) is 9.76. The average molecular weight is 253 g/mol. The Bertz CT molecular complexity index is 268. The molecule has 7 heteroatoms. The Morgan fingerprint density at radius 1 is 1.59 bits per heavy atom. The number of nitrogens with zero attached hydrogens (tertiary/aromatic N) is 1. The molecular formula is C10H18F3N3O. The van der Waals surface area contributed by atoms with Gasteiger partial charge in [0.25, 0.3) is 0 Å². The molecule has 0 aliphatic carbocycles. The van der Waals surface area contributed by atoms with E-state index in [-0.39, 0.29) is 11.8 Å². The van der Waals surface area contributed by atoms with E-state index in [0.717, 1.165) is 0 Å². The lowest BCUT2D eigenvalue weighted by Crippen LogP contribution is -2.41. The lowest BCUT2D eigenvalue weighted by molar-refractivity contribution is -0.143. The highest BCUT2D eigenvalue weighted by molar-refractivity contribution is 5.80. The molecule has 17 heavy (non-hydrogen) atoms. The van der Waals surface area contributed by atoms with E-state index in [0.29, 0.717) is 26.1 Å². The van der Waals surface area contributed by atoms with Crippen LogP contribution in [-0.2, 0) is 4.79 Å². The van der Waals surface area contributed by atoms with Crippen LogP contribution in [0.15, 0.2) is 0 Å². The summed E-state index contributed by atoms with van der Waals surface area (Å²) in [5.41, 5.74) is 5.36. The van der Waals surface area contributed by atoms with Crippen LogP contribution in [0.2, 0.25) is 0 Å². The van der Waals surface area contributed by atoms with Crippen molar-refractivity contribution in [1.82, 2.24) is 10.2 Å². The third-order valence-corrected chi connectivity index (χ3v) is 2.75. The maximum absolute atomic E-state index is 12.1. The first-order valence-corrected chi connectivity index (χ1v) is 5.60. The quantitative estimate of drug-likeness (QED) is 0.759. The van der Waals surface area contributed by atoms with E-state index in [9.17, 15) is 18.0 Å². The monoisotopic (exact) mass is 253 g/mol. The Kier molecular flexibility index (Phi) is 4.76. The van der Waals surface area contributed by atoms with Crippen LogP contribution in [0.1, 0.15) is 13.3 Å². The van der Waals surface area contributed by atoms with Crippen molar-refractivity contribution in [3.63, 3.8) is 0 Å². The molecule has 4 nitrogen and oxygen atoms in total. The maximum atomic E-state index is 12.1. The number of hydrogen-bond donors (Lipinski definition) is 2. The van der Waals surface area contributed by atoms with Gasteiger partial charge in [-0.05, 0) is 25.8 Å². The van der Waals surface area contributed by atoms with Crippen molar-refractivity contribution in [3.05, 3.63) is 0 Å². The largest absolute Gasteiger partial charge is 0.401 e. The first-order chi connectivity index (χ1) is 7.78. The molecule has 3 N–H and O–H groups in total. The molecule has 0 bridgehead atoms. The summed E-state index contributed by atoms with van der Waals surface area (Å²) in [5.74, 6) is -0.181. The second-order valence-corrected chi connectivity index (χ2v) is 4.54. The van der Waals surface area contributed by atoms with Crippen LogP contribution >= 0.6 is 0 Å². The van der Waals surface area contributed by atoms with E-state index in [4.69, 9.17) is 5.73 Å². The van der Waals surface area contributed by atoms with Crippen LogP contribution in [0.5, 0.6) is 0 Å². The minimum absolute atomic E-state index is 0.0834. The number of halogens is 3. The molecule has 1 unspecified atom stereocenters. The molecule has 1 amide bonds. The van der Waals surface area contributed by atoms with Gasteiger partial charge in [0.15, 0.2) is 0 Å². The SMILES string of the molecule is C[C@H](N)C(=O)NCC1CCN(CC(F)(F)F)C1. The fourth-order valence-electron chi connectivity index (χ4n) is 1.88. The molecule has 1 fully saturated rings. The first-order valence-electron chi connectivity index (χ1n) is 5.60. The van der Waals surface area contributed by atoms with Gasteiger partial charge in [-0.1, -0.05) is 0 Å². The van der Waals surface area contributed by atoms with Crippen molar-refractivity contribution >= 4 is 5.91 Å². The predicted molar refractivity (Wildman–Crippen MR) is 57.3 cm³/mol. The number of amides is 1. The van der Waals surface area contributed by atoms with Gasteiger partial charge in [0.1, 0.15) is 0 Å². The van der Waals surface area contributed by atoms with Gasteiger partial charge in [-0.2, -0.15) is 13.2 Å². The summed E-state index contributed by atoms with van der Waals surface area (Å²) in [6.07, 6.45) is -3.47. The number of nitrogens with one attached hydrogen (secondary N) is 1. The summed E-state index contributed by atoms with van der Waals surface area (Å²) in [7, 11) is 0. The smallest absolute Gasteiger partial charge is 0.354 e. The van der Waals surface area contributed by atoms with Crippen LogP contribution in [0.3, 0.4) is 0 Å². The summed E-state index contributed by atoms with van der Waals surface area (Å²) in [4.78, 5) is 12.5. The minimum atomic E-state index is -4.15. The molecule has 1 aliphatic heterocycles. The van der Waals surface area contributed by atoms with Gasteiger partial charge in [-0.25, -0.2) is 0 Å². The number of alkyl halides is 3. The topological polar surface area (TPSA) is 58.4 Å². The Labute approximate surface area is 98.3 Å². The number of likely N-dealkylation sites (tertiary alicyclic amines) is 1. The molecule has 0 saturated carbocycles. The van der Waals surface area contributed by atoms with Crippen LogP contribution in [0.4, 0.5) is 13.2 Å². The van der Waals surface area contributed by atoms with E-state index in [1.54, 1.807) is 6.92 Å². The third kappa shape index (κ3) is 5.36. The number of nitrogens with two attached hydrogens (primary N) is 1. The Morgan fingerprint density at radius 2 is 2.24 bits per heavy atom. The van der Waals surface area contributed by atoms with Crippen molar-refractivity contribution in [2.75, 3.05) is 26.2 Å². The van der Waals surface area contributed by atoms with Gasteiger partial charge in [0.2, 0.25) is 5.91 Å². The van der Waals surface area contributed by atoms with Crippen molar-refractivity contribution in [2.24, 2.45) is 11.7 Å². The van der Waals surface area contributed by atoms with Gasteiger partial charge in [-0.3, -0.25) is 9.69 Å². The number of carbonyl (C=O) groups is 1. The zero-order chi connectivity index (χ0) is 13.1. The number of carbonyl (C=O) groups excluding carboxylic acids is 1. The molecule has 0 aromatic heterocycles. The first kappa shape index (κ1) is 14.2. The molecule has 1 rings (SSSR count). The fraction of sp³-hybridized carbons (Fsp3) is 0.900. The van der Waals surface area contributed by atoms with Crippen LogP contribution in [0, 0.1) is 5.92 Å². The molecule has 1 saturated heterocycles. The molecule has 0 aromatic rings. The fourth-order valence-corrected chi connectivity index (χ4v) is 1.88. The van der Waals surface area contributed by atoms with E-state index >= 15 is 0 Å². The summed E-state index contributed by atoms with van der Waals surface area (Å²) >= 11 is 0. The van der Waals surface area contributed by atoms with Gasteiger partial charge in [0.05, 0.1) is 12.6 Å². The highest BCUT2D eigenvalue weighted by atomic mass is 19.4. The number of rotatable bonds is 4. The lowest BCUT2D eigenvalue weighted by Gasteiger charge is -2.18. The van der Waals surface area contributed by atoms with E-state index in [1.165, 1.54) is 4.90 Å². The molecular weight excluding hydrogens is 235 g/mol. The van der Waals surface area contributed by atoms with E-state index in [1.807, 2.05) is 0 Å². The Balaban J connectivity index is 2.24. The average Bonchev–Trinajstić information content (AvgIpc) is 2.59. The molecule has 1 aliphatic rings. The van der Waals surface area contributed by atoms with Crippen LogP contribution < -0.4 is 11.1 Å². The van der Waals surface area contributed by atoms with Crippen molar-refractivity contribution in [2.45, 2.75) is 25.6 Å². The second-order valence-electron chi connectivity index (χ2n) is 4.54. The number of hydrogen-bond acceptors (Lipinski definition) is 3. The molecule has 2 atom stereocenters. The molecule has 0 radical (unpaired) electrons. The van der Waals surface area contributed by atoms with Gasteiger partial charge < -0.3 is 11.1 Å². The molecule has 0 aromatic carbocycles. The van der Waals surface area contributed by atoms with Crippen molar-refractivity contribution in [3.8, 4) is 0 Å². The normalized spacial score (nSPS) is 23.7. The van der Waals surface area contributed by atoms with Gasteiger partial charge >= 0.3 is 6.18 Å². The van der Waals surface area contributed by atoms with E-state index < -0.39 is 18.8 Å². The van der Waals surface area contributed by atoms with Crippen LogP contribution in [-0.4, -0.2) is 49.2 Å². The van der Waals surface area contributed by atoms with Crippen molar-refractivity contribution in [1.29, 1.82) is 0 Å². The molecule has 0 spiro atoms. The molecule has 1 heterocycles. The maximum Gasteiger partial charge on any atom is 0.401 e. The highest BCUT2D eigenvalue weighted by Crippen LogP contribution is 2.22. The Hall–Kier alpha value is -0.820. The lowest BCUT2D eigenvalue weighted by atomic mass is 10.1. The van der Waals surface area contributed by atoms with Gasteiger partial charge in [0, 0.05) is 13.1 Å². The third-order valence-electron chi connectivity index (χ3n) is 2.75. The second kappa shape index (κ2) is 5.68. The highest BCUT2D eigenvalue weighted by Gasteiger charge is 2.34. The summed E-state index contributed by atoms with van der Waals surface area (Å²) in [5, 5.41) is 2.64. The minimum Gasteiger partial charge on any atom is -0.354 e. The Morgan fingerprint density at radius 3 is 2.76 bits per heavy atom. The summed E-state index contributed by atoms with van der Waals surface area (Å²) in [6.45, 7) is 1.90. The summed E-state index contributed by atoms with van der Waals surface area (Å²) < 4.78 is 36.4. The van der Waals surface area contributed by atoms with Crippen molar-refractivity contribution < 1.29 is 18.0 Å². The predicted octanol–water partition coefficient (Wildman–Crippen LogP) is 0.334. The van der Waals surface area contributed by atoms with Crippen LogP contribution in [0.25, 0.3) is 0 Å². The van der Waals surface area contributed by atoms with E-state index in [2.05, 4.69) is 5.32 Å². The zero-order valence-electron chi connectivity index (χ0n) is 9.76. The standard InChI is InChI=1S/C10H18F3N3O/c1-7(14)9(17)15-4-8-2-3-16(5-8)6-10(11,12)13/h7-8H,2-6,14H2,1H3,(H,15,17)/t7-,8?/m0/s1. The van der Waals surface area contributed by atoms with Gasteiger partial charge in [-0.15, -0.1) is 0 Å². The summed E-state index contributed by atoms with van der Waals surface area (Å²) in [6, 6.07) is -0.581. The molecule has 100 valence electrons.